The molecule has 3 aliphatic heterocycles. The van der Waals surface area contributed by atoms with Gasteiger partial charge in [0.05, 0.1) is 7.11 Å². The summed E-state index contributed by atoms with van der Waals surface area (Å²) in [6.07, 6.45) is 2.75. The second kappa shape index (κ2) is 7.70. The molecule has 1 N–H and O–H groups in total. The molecule has 1 atom stereocenters. The largest absolute Gasteiger partial charge is 0.492 e. The van der Waals surface area contributed by atoms with Gasteiger partial charge in [0.1, 0.15) is 4.90 Å². The van der Waals surface area contributed by atoms with Gasteiger partial charge in [-0.25, -0.2) is 13.1 Å². The summed E-state index contributed by atoms with van der Waals surface area (Å²) >= 11 is 0. The summed E-state index contributed by atoms with van der Waals surface area (Å²) in [5.41, 5.74) is 1.65. The zero-order chi connectivity index (χ0) is 19.9. The monoisotopic (exact) mass is 411 g/mol. The molecule has 28 heavy (non-hydrogen) atoms. The van der Waals surface area contributed by atoms with Gasteiger partial charge in [-0.15, -0.1) is 0 Å². The molecule has 156 valence electrons. The van der Waals surface area contributed by atoms with E-state index < -0.39 is 10.0 Å². The van der Waals surface area contributed by atoms with Gasteiger partial charge < -0.3 is 19.1 Å². The van der Waals surface area contributed by atoms with Crippen LogP contribution in [0, 0.1) is 0 Å². The Morgan fingerprint density at radius 2 is 2.00 bits per heavy atom. The number of nitrogens with one attached hydrogen (secondary N) is 1. The molecule has 4 rings (SSSR count). The SMILES string of the molecule is CCN1CCC[C@H]1CNS(=O)(=O)c1c2c(c(OC)c3c1OCO3)CN(C)CC2. The summed E-state index contributed by atoms with van der Waals surface area (Å²) in [6.45, 7) is 5.88. The standard InChI is InChI=1S/C19H29N3O5S/c1-4-22-8-5-6-13(22)10-20-28(23,24)19-14-7-9-21(2)11-15(14)16(25-3)17-18(19)27-12-26-17/h13,20H,4-12H2,1-3H3/t13-/m0/s1. The minimum absolute atomic E-state index is 0.000810. The first-order chi connectivity index (χ1) is 13.5. The van der Waals surface area contributed by atoms with Crippen LogP contribution >= 0.6 is 0 Å². The van der Waals surface area contributed by atoms with Gasteiger partial charge in [-0.3, -0.25) is 4.90 Å². The van der Waals surface area contributed by atoms with E-state index in [4.69, 9.17) is 14.2 Å². The number of rotatable bonds is 6. The summed E-state index contributed by atoms with van der Waals surface area (Å²) in [6, 6.07) is 0.241. The fourth-order valence-corrected chi connectivity index (χ4v) is 6.07. The summed E-state index contributed by atoms with van der Waals surface area (Å²) < 4.78 is 46.4. The molecule has 9 heteroatoms. The Morgan fingerprint density at radius 1 is 1.21 bits per heavy atom. The van der Waals surface area contributed by atoms with Gasteiger partial charge >= 0.3 is 0 Å². The van der Waals surface area contributed by atoms with Gasteiger partial charge in [-0.1, -0.05) is 6.92 Å². The molecule has 1 aromatic carbocycles. The molecular formula is C19H29N3O5S. The molecular weight excluding hydrogens is 382 g/mol. The Balaban J connectivity index is 1.72. The van der Waals surface area contributed by atoms with Crippen molar-refractivity contribution in [3.63, 3.8) is 0 Å². The van der Waals surface area contributed by atoms with E-state index in [1.807, 2.05) is 7.05 Å². The minimum atomic E-state index is -3.74. The van der Waals surface area contributed by atoms with E-state index in [1.54, 1.807) is 7.11 Å². The minimum Gasteiger partial charge on any atom is -0.492 e. The molecule has 0 bridgehead atoms. The number of methoxy groups -OCH3 is 1. The number of hydrogen-bond acceptors (Lipinski definition) is 7. The number of nitrogens with zero attached hydrogens (tertiary/aromatic N) is 2. The van der Waals surface area contributed by atoms with E-state index in [9.17, 15) is 8.42 Å². The number of likely N-dealkylation sites (N-methyl/N-ethyl adjacent to an activating group) is 2. The highest BCUT2D eigenvalue weighted by molar-refractivity contribution is 7.89. The molecule has 0 aliphatic carbocycles. The lowest BCUT2D eigenvalue weighted by Crippen LogP contribution is -2.40. The zero-order valence-electron chi connectivity index (χ0n) is 16.8. The Labute approximate surface area is 166 Å². The first kappa shape index (κ1) is 19.8. The molecule has 1 fully saturated rings. The smallest absolute Gasteiger partial charge is 0.244 e. The number of hydrogen-bond donors (Lipinski definition) is 1. The average Bonchev–Trinajstić information content (AvgIpc) is 3.33. The fraction of sp³-hybridized carbons (Fsp3) is 0.684. The molecule has 0 saturated carbocycles. The van der Waals surface area contributed by atoms with Gasteiger partial charge in [0.25, 0.3) is 0 Å². The molecule has 3 aliphatic rings. The lowest BCUT2D eigenvalue weighted by Gasteiger charge is -2.29. The summed E-state index contributed by atoms with van der Waals surface area (Å²) in [7, 11) is -0.150. The molecule has 0 spiro atoms. The molecule has 8 nitrogen and oxygen atoms in total. The van der Waals surface area contributed by atoms with Crippen LogP contribution in [0.3, 0.4) is 0 Å². The van der Waals surface area contributed by atoms with Crippen LogP contribution < -0.4 is 18.9 Å². The van der Waals surface area contributed by atoms with E-state index in [1.165, 1.54) is 0 Å². The van der Waals surface area contributed by atoms with Crippen LogP contribution in [-0.4, -0.2) is 71.4 Å². The third kappa shape index (κ3) is 3.34. The molecule has 3 heterocycles. The van der Waals surface area contributed by atoms with Crippen molar-refractivity contribution in [3.8, 4) is 17.2 Å². The van der Waals surface area contributed by atoms with Crippen molar-refractivity contribution in [1.82, 2.24) is 14.5 Å². The van der Waals surface area contributed by atoms with Crippen molar-refractivity contribution < 1.29 is 22.6 Å². The number of fused-ring (bicyclic) bond motifs is 2. The number of ether oxygens (including phenoxy) is 3. The van der Waals surface area contributed by atoms with Gasteiger partial charge in [0.15, 0.2) is 11.5 Å². The van der Waals surface area contributed by atoms with Gasteiger partial charge in [0, 0.05) is 31.2 Å². The van der Waals surface area contributed by atoms with E-state index in [2.05, 4.69) is 21.4 Å². The third-order valence-electron chi connectivity index (χ3n) is 6.00. The van der Waals surface area contributed by atoms with Crippen LogP contribution in [0.15, 0.2) is 4.90 Å². The van der Waals surface area contributed by atoms with E-state index in [-0.39, 0.29) is 23.5 Å². The first-order valence-electron chi connectivity index (χ1n) is 9.89. The predicted octanol–water partition coefficient (Wildman–Crippen LogP) is 1.17. The molecule has 0 amide bonds. The zero-order valence-corrected chi connectivity index (χ0v) is 17.6. The van der Waals surface area contributed by atoms with Crippen molar-refractivity contribution in [2.75, 3.05) is 47.1 Å². The second-order valence-corrected chi connectivity index (χ2v) is 9.35. The van der Waals surface area contributed by atoms with Crippen LogP contribution in [0.25, 0.3) is 0 Å². The second-order valence-electron chi connectivity index (χ2n) is 7.65. The number of sulfonamides is 1. The third-order valence-corrected chi connectivity index (χ3v) is 7.51. The van der Waals surface area contributed by atoms with Crippen molar-refractivity contribution in [2.24, 2.45) is 0 Å². The quantitative estimate of drug-likeness (QED) is 0.753. The summed E-state index contributed by atoms with van der Waals surface area (Å²) in [5.74, 6) is 1.26. The predicted molar refractivity (Wildman–Crippen MR) is 105 cm³/mol. The first-order valence-corrected chi connectivity index (χ1v) is 11.4. The Kier molecular flexibility index (Phi) is 5.43. The average molecular weight is 412 g/mol. The maximum absolute atomic E-state index is 13.4. The Bertz CT molecular complexity index is 858. The molecule has 1 aromatic rings. The molecule has 1 saturated heterocycles. The summed E-state index contributed by atoms with van der Waals surface area (Å²) in [4.78, 5) is 4.70. The van der Waals surface area contributed by atoms with Gasteiger partial charge in [-0.2, -0.15) is 0 Å². The van der Waals surface area contributed by atoms with E-state index in [0.717, 1.165) is 43.6 Å². The Morgan fingerprint density at radius 3 is 2.75 bits per heavy atom. The topological polar surface area (TPSA) is 80.3 Å². The highest BCUT2D eigenvalue weighted by atomic mass is 32.2. The van der Waals surface area contributed by atoms with Crippen LogP contribution in [0.4, 0.5) is 0 Å². The van der Waals surface area contributed by atoms with Crippen LogP contribution in [0.5, 0.6) is 17.2 Å². The van der Waals surface area contributed by atoms with Crippen molar-refractivity contribution in [3.05, 3.63) is 11.1 Å². The van der Waals surface area contributed by atoms with E-state index in [0.29, 0.717) is 31.0 Å². The molecule has 0 radical (unpaired) electrons. The van der Waals surface area contributed by atoms with Crippen LogP contribution in [0.2, 0.25) is 0 Å². The van der Waals surface area contributed by atoms with Crippen molar-refractivity contribution in [1.29, 1.82) is 0 Å². The van der Waals surface area contributed by atoms with Crippen LogP contribution in [-0.2, 0) is 23.0 Å². The maximum atomic E-state index is 13.4. The van der Waals surface area contributed by atoms with Gasteiger partial charge in [-0.05, 0) is 45.0 Å². The lowest BCUT2D eigenvalue weighted by atomic mass is 9.97. The van der Waals surface area contributed by atoms with Gasteiger partial charge in [0.2, 0.25) is 22.6 Å². The molecule has 0 unspecified atom stereocenters. The highest BCUT2D eigenvalue weighted by Gasteiger charge is 2.38. The number of benzene rings is 1. The van der Waals surface area contributed by atoms with Crippen LogP contribution in [0.1, 0.15) is 30.9 Å². The van der Waals surface area contributed by atoms with E-state index >= 15 is 0 Å². The highest BCUT2D eigenvalue weighted by Crippen LogP contribution is 2.51. The Hall–Kier alpha value is -1.55. The fourth-order valence-electron chi connectivity index (χ4n) is 4.57. The molecule has 0 aromatic heterocycles. The van der Waals surface area contributed by atoms with Crippen molar-refractivity contribution in [2.45, 2.75) is 43.7 Å². The number of likely N-dealkylation sites (tertiary alicyclic amines) is 1. The van der Waals surface area contributed by atoms with Crippen molar-refractivity contribution >= 4 is 10.0 Å². The summed E-state index contributed by atoms with van der Waals surface area (Å²) in [5, 5.41) is 0. The maximum Gasteiger partial charge on any atom is 0.244 e. The lowest BCUT2D eigenvalue weighted by molar-refractivity contribution is 0.169. The normalized spacial score (nSPS) is 22.5.